The fourth-order valence-corrected chi connectivity index (χ4v) is 26.6. The molecular formula is C112H90S17. The second kappa shape index (κ2) is 53.1. The lowest BCUT2D eigenvalue weighted by atomic mass is 10.1. The lowest BCUT2D eigenvalue weighted by Gasteiger charge is -1.96. The van der Waals surface area contributed by atoms with E-state index < -0.39 is 0 Å². The van der Waals surface area contributed by atoms with Crippen molar-refractivity contribution < 1.29 is 0 Å². The van der Waals surface area contributed by atoms with E-state index in [1.165, 1.54) is 168 Å². The molecule has 0 amide bonds. The molecule has 640 valence electrons. The van der Waals surface area contributed by atoms with Crippen molar-refractivity contribution in [3.63, 3.8) is 0 Å². The summed E-state index contributed by atoms with van der Waals surface area (Å²) in [6, 6.07) is 72.4. The van der Waals surface area contributed by atoms with Crippen LogP contribution in [0.15, 0.2) is 228 Å². The minimum Gasteiger partial charge on any atom is -0.135 e. The predicted octanol–water partition coefficient (Wildman–Crippen LogP) is 37.1. The van der Waals surface area contributed by atoms with Gasteiger partial charge >= 0.3 is 0 Å². The van der Waals surface area contributed by atoms with Gasteiger partial charge in [0.05, 0.1) is 78.0 Å². The van der Waals surface area contributed by atoms with Crippen LogP contribution in [0.25, 0.3) is 68.3 Å². The van der Waals surface area contributed by atoms with Crippen LogP contribution in [0, 0.1) is 118 Å². The van der Waals surface area contributed by atoms with Gasteiger partial charge in [-0.2, -0.15) is 0 Å². The number of hydrogen-bond acceptors (Lipinski definition) is 17. The summed E-state index contributed by atoms with van der Waals surface area (Å²) in [5.74, 6) is 65.8. The number of hydrogen-bond donors (Lipinski definition) is 0. The van der Waals surface area contributed by atoms with Gasteiger partial charge in [-0.3, -0.25) is 0 Å². The molecule has 0 spiro atoms. The molecule has 0 aliphatic carbocycles. The van der Waals surface area contributed by atoms with Crippen LogP contribution in [0.3, 0.4) is 0 Å². The maximum absolute atomic E-state index is 3.38. The van der Waals surface area contributed by atoms with Gasteiger partial charge in [-0.15, -0.1) is 193 Å². The molecule has 0 aliphatic rings. The average Bonchev–Trinajstić information content (AvgIpc) is 1.68. The molecule has 0 saturated heterocycles. The highest BCUT2D eigenvalue weighted by Crippen LogP contribution is 2.44. The Morgan fingerprint density at radius 2 is 0.310 bits per heavy atom. The first-order chi connectivity index (χ1) is 63.7. The van der Waals surface area contributed by atoms with E-state index in [9.17, 15) is 0 Å². The van der Waals surface area contributed by atoms with Crippen LogP contribution >= 0.6 is 193 Å². The third kappa shape index (κ3) is 31.6. The summed E-state index contributed by atoms with van der Waals surface area (Å²) < 4.78 is 0. The summed E-state index contributed by atoms with van der Waals surface area (Å²) >= 11 is 29.6. The molecule has 0 aliphatic heterocycles. The molecule has 0 fully saturated rings. The van der Waals surface area contributed by atoms with E-state index in [4.69, 9.17) is 0 Å². The zero-order valence-electron chi connectivity index (χ0n) is 72.0. The van der Waals surface area contributed by atoms with Crippen molar-refractivity contribution in [2.24, 2.45) is 0 Å². The van der Waals surface area contributed by atoms with Crippen molar-refractivity contribution in [1.82, 2.24) is 0 Å². The Kier molecular flexibility index (Phi) is 39.4. The highest BCUT2D eigenvalue weighted by Gasteiger charge is 2.15. The lowest BCUT2D eigenvalue weighted by Crippen LogP contribution is -1.77. The van der Waals surface area contributed by atoms with Gasteiger partial charge in [-0.25, -0.2) is 0 Å². The molecule has 17 heterocycles. The van der Waals surface area contributed by atoms with E-state index in [0.717, 1.165) is 107 Å². The van der Waals surface area contributed by atoms with Gasteiger partial charge in [0.25, 0.3) is 0 Å². The average molecular weight is 1980 g/mol. The molecule has 0 radical (unpaired) electrons. The van der Waals surface area contributed by atoms with Gasteiger partial charge < -0.3 is 0 Å². The Hall–Kier alpha value is -9.50. The van der Waals surface area contributed by atoms with Crippen LogP contribution in [0.4, 0.5) is 0 Å². The number of rotatable bonds is 23. The highest BCUT2D eigenvalue weighted by molar-refractivity contribution is 7.29. The van der Waals surface area contributed by atoms with Gasteiger partial charge in [-0.05, 0) is 300 Å². The zero-order valence-corrected chi connectivity index (χ0v) is 85.9. The largest absolute Gasteiger partial charge is 0.135 e. The smallest absolute Gasteiger partial charge is 0.0785 e. The molecule has 0 N–H and O–H groups in total. The summed E-state index contributed by atoms with van der Waals surface area (Å²) in [4.78, 5) is 35.6. The van der Waals surface area contributed by atoms with Gasteiger partial charge in [0.1, 0.15) is 0 Å². The molecule has 129 heavy (non-hydrogen) atoms. The normalized spacial score (nSPS) is 10.2. The Balaban J connectivity index is 0.000000141. The maximum atomic E-state index is 3.38. The van der Waals surface area contributed by atoms with Crippen molar-refractivity contribution in [1.29, 1.82) is 0 Å². The minimum absolute atomic E-state index is 0.964. The van der Waals surface area contributed by atoms with Crippen molar-refractivity contribution in [3.05, 3.63) is 306 Å². The van der Waals surface area contributed by atoms with Crippen molar-refractivity contribution in [3.8, 4) is 187 Å². The topological polar surface area (TPSA) is 0 Å². The second-order valence-electron chi connectivity index (χ2n) is 29.0. The molecule has 17 aromatic rings. The summed E-state index contributed by atoms with van der Waals surface area (Å²) in [5, 5.41) is 8.21. The van der Waals surface area contributed by atoms with Crippen molar-refractivity contribution >= 4 is 193 Å². The van der Waals surface area contributed by atoms with Crippen LogP contribution in [0.1, 0.15) is 234 Å². The molecular weight excluding hydrogens is 1890 g/mol. The summed E-state index contributed by atoms with van der Waals surface area (Å²) in [6.07, 6.45) is 24.6. The molecule has 0 unspecified atom stereocenters. The fraction of sp³-hybridized carbons (Fsp3) is 0.214. The first-order valence-corrected chi connectivity index (χ1v) is 57.4. The zero-order chi connectivity index (χ0) is 88.5. The molecule has 0 bridgehead atoms. The Labute approximate surface area is 831 Å². The molecule has 0 aromatic carbocycles. The molecule has 0 atom stereocenters. The van der Waals surface area contributed by atoms with Crippen LogP contribution in [0.2, 0.25) is 0 Å². The lowest BCUT2D eigenvalue weighted by molar-refractivity contribution is 0.614. The molecule has 17 heteroatoms. The first-order valence-electron chi connectivity index (χ1n) is 43.2. The van der Waals surface area contributed by atoms with Crippen LogP contribution < -0.4 is 0 Å². The molecule has 0 saturated carbocycles. The number of thiophene rings is 17. The van der Waals surface area contributed by atoms with E-state index in [-0.39, 0.29) is 0 Å². The molecule has 0 nitrogen and oxygen atoms in total. The van der Waals surface area contributed by atoms with Gasteiger partial charge in [-0.1, -0.05) is 176 Å². The summed E-state index contributed by atoms with van der Waals surface area (Å²) in [6.45, 7) is 8.92. The van der Waals surface area contributed by atoms with Crippen LogP contribution in [-0.2, 0) is 0 Å². The van der Waals surface area contributed by atoms with E-state index in [1.807, 2.05) is 104 Å². The standard InChI is InChI=1S/C36H28S5.C32H40S3.C24H12S5.C20H10S4/c1-3-5-7-9-11-27-13-15-29(37-27)17-19-31-21-23-33(39-31)35-25-26-36(41-35)34-24-22-32(40-34)20-18-30-16-14-28(38-30)12-10-8-6-4-2;1-3-5-7-9-11-13-15-17-19-27-21-23-29(33-27)31-25-26-32(35-31)30-24-22-28(34-30)20-18-16-14-12-10-8-6-4-2;1-3-17(25-15-1)5-7-19-9-11-21(27-19)23-13-14-24(29-23)22-12-10-20(28-22)8-6-18-4-2-16-26-18;1-3-15(21-13-1)5-7-17-9-11-19(23-17)20-12-10-18(24-20)8-6-16-4-2-14-22-16/h13-16,21-26H,3-8H2,1-2H3;21-26H,3-16H2,1-2H3;1-4,9-16H;1-4,9-14H. The quantitative estimate of drug-likeness (QED) is 0.0442. The Morgan fingerprint density at radius 1 is 0.147 bits per heavy atom. The SMILES string of the molecule is C(#Cc1ccc(-c2ccc(-c3ccc(C#Cc4cccs4)s3)s2)s1)c1cccs1.C(#Cc1ccc(-c2ccc(C#Cc3cccs3)s2)s1)c1cccs1.CCCCC#Cc1ccc(C#Cc2ccc(-c3ccc(-c4ccc(C#Cc5ccc(C#CCCCC)s5)s4)s3)s2)s1.CCCCCCCCC#Cc1ccc(-c2ccc(-c3ccc(C#CCCCCCCCC)s3)s2)s1. The monoisotopic (exact) mass is 1980 g/mol. The fourth-order valence-electron chi connectivity index (χ4n) is 12.3. The highest BCUT2D eigenvalue weighted by atomic mass is 32.2. The molecule has 17 aromatic heterocycles. The van der Waals surface area contributed by atoms with E-state index in [0.29, 0.717) is 0 Å². The Morgan fingerprint density at radius 3 is 0.527 bits per heavy atom. The van der Waals surface area contributed by atoms with Gasteiger partial charge in [0.2, 0.25) is 0 Å². The predicted molar refractivity (Wildman–Crippen MR) is 585 cm³/mol. The van der Waals surface area contributed by atoms with Crippen LogP contribution in [-0.4, -0.2) is 0 Å². The first kappa shape index (κ1) is 95.6. The second-order valence-corrected chi connectivity index (χ2v) is 46.9. The maximum Gasteiger partial charge on any atom is 0.0785 e. The van der Waals surface area contributed by atoms with E-state index in [2.05, 4.69) is 327 Å². The van der Waals surface area contributed by atoms with Gasteiger partial charge in [0, 0.05) is 94.0 Å². The summed E-state index contributed by atoms with van der Waals surface area (Å²) in [5.41, 5.74) is 0. The Bertz CT molecular complexity index is 6610. The third-order valence-electron chi connectivity index (χ3n) is 19.0. The van der Waals surface area contributed by atoms with E-state index >= 15 is 0 Å². The summed E-state index contributed by atoms with van der Waals surface area (Å²) in [7, 11) is 0. The van der Waals surface area contributed by atoms with Crippen molar-refractivity contribution in [2.75, 3.05) is 0 Å². The minimum atomic E-state index is 0.964. The number of unbranched alkanes of at least 4 members (excludes halogenated alkanes) is 16. The molecule has 17 rings (SSSR count). The van der Waals surface area contributed by atoms with Gasteiger partial charge in [0.15, 0.2) is 0 Å². The van der Waals surface area contributed by atoms with Crippen LogP contribution in [0.5, 0.6) is 0 Å². The van der Waals surface area contributed by atoms with E-state index in [1.54, 1.807) is 136 Å². The third-order valence-corrected chi connectivity index (χ3v) is 36.6. The van der Waals surface area contributed by atoms with Crippen molar-refractivity contribution in [2.45, 2.75) is 156 Å².